The van der Waals surface area contributed by atoms with Crippen LogP contribution in [0.15, 0.2) is 48.6 Å². The van der Waals surface area contributed by atoms with Gasteiger partial charge in [-0.1, -0.05) is 100.0 Å². The second kappa shape index (κ2) is 40.3. The molecule has 4 rings (SSSR count). The molecule has 0 nitrogen and oxygen atoms in total. The Morgan fingerprint density at radius 3 is 0.417 bits per heavy atom. The molecule has 0 aliphatic heterocycles. The van der Waals surface area contributed by atoms with Crippen LogP contribution in [0.2, 0.25) is 0 Å². The summed E-state index contributed by atoms with van der Waals surface area (Å²) < 4.78 is 0. The Kier molecular flexibility index (Phi) is 49.2. The molecule has 0 saturated carbocycles. The van der Waals surface area contributed by atoms with Gasteiger partial charge in [-0.2, -0.15) is 0 Å². The summed E-state index contributed by atoms with van der Waals surface area (Å²) in [6.07, 6.45) is 52.0. The van der Waals surface area contributed by atoms with Gasteiger partial charge in [-0.05, 0) is 103 Å². The topological polar surface area (TPSA) is 0 Å². The van der Waals surface area contributed by atoms with E-state index in [2.05, 4.69) is 48.6 Å². The molecule has 0 heterocycles. The normalized spacial score (nSPS) is 19.6. The fraction of sp³-hybridized carbons (Fsp3) is 0.750. The van der Waals surface area contributed by atoms with E-state index in [-0.39, 0.29) is 65.0 Å². The third-order valence-corrected chi connectivity index (χ3v) is 6.63. The molecule has 218 valence electrons. The molecule has 0 spiro atoms. The van der Waals surface area contributed by atoms with E-state index >= 15 is 0 Å². The zero-order valence-corrected chi connectivity index (χ0v) is 29.5. The average Bonchev–Trinajstić information content (AvgIpc) is 2.67. The molecule has 0 amide bonds. The quantitative estimate of drug-likeness (QED) is 0.213. The molecular formula is C32H58Cl2Ir2. The maximum Gasteiger partial charge on any atom is 0 e. The summed E-state index contributed by atoms with van der Waals surface area (Å²) in [5.74, 6) is 0. The summed E-state index contributed by atoms with van der Waals surface area (Å²) in [6.45, 7) is 0. The van der Waals surface area contributed by atoms with Crippen LogP contribution in [0, 0.1) is 0 Å². The van der Waals surface area contributed by atoms with Crippen LogP contribution >= 0.6 is 24.8 Å². The summed E-state index contributed by atoms with van der Waals surface area (Å²) in [4.78, 5) is 0. The second-order valence-electron chi connectivity index (χ2n) is 9.85. The molecule has 4 heteroatoms. The van der Waals surface area contributed by atoms with E-state index in [0.29, 0.717) is 0 Å². The first-order chi connectivity index (χ1) is 16.0. The molecular weight excluding hydrogens is 840 g/mol. The number of hydrogen-bond acceptors (Lipinski definition) is 0. The van der Waals surface area contributed by atoms with Gasteiger partial charge >= 0.3 is 0 Å². The molecule has 4 aliphatic carbocycles. The molecule has 0 aromatic rings. The molecule has 0 unspecified atom stereocenters. The van der Waals surface area contributed by atoms with Crippen molar-refractivity contribution in [2.24, 2.45) is 0 Å². The van der Waals surface area contributed by atoms with Crippen LogP contribution in [0.25, 0.3) is 0 Å². The Balaban J connectivity index is -0.000000183. The summed E-state index contributed by atoms with van der Waals surface area (Å²) in [5, 5.41) is 0. The van der Waals surface area contributed by atoms with Gasteiger partial charge in [0.25, 0.3) is 0 Å². The fourth-order valence-corrected chi connectivity index (χ4v) is 4.45. The predicted molar refractivity (Wildman–Crippen MR) is 162 cm³/mol. The Bertz CT molecular complexity index is 359. The average molecular weight is 898 g/mol. The van der Waals surface area contributed by atoms with E-state index in [0.717, 1.165) is 0 Å². The van der Waals surface area contributed by atoms with E-state index in [4.69, 9.17) is 0 Å². The smallest absolute Gasteiger partial charge is 0 e. The van der Waals surface area contributed by atoms with Crippen molar-refractivity contribution < 1.29 is 40.2 Å². The van der Waals surface area contributed by atoms with Crippen LogP contribution in [0.4, 0.5) is 0 Å². The van der Waals surface area contributed by atoms with Crippen LogP contribution in [-0.4, -0.2) is 0 Å². The standard InChI is InChI=1S/4C8H14.2ClH.2Ir/c4*1-2-4-6-8-7-5-3-1;;;;/h4*1-2H,3-8H2;2*1H;;. The van der Waals surface area contributed by atoms with Crippen molar-refractivity contribution in [2.75, 3.05) is 0 Å². The summed E-state index contributed by atoms with van der Waals surface area (Å²) in [5.41, 5.74) is 0. The molecule has 0 saturated heterocycles. The van der Waals surface area contributed by atoms with Gasteiger partial charge in [-0.15, -0.1) is 24.8 Å². The fourth-order valence-electron chi connectivity index (χ4n) is 4.45. The monoisotopic (exact) mass is 898 g/mol. The summed E-state index contributed by atoms with van der Waals surface area (Å²) >= 11 is 0. The Morgan fingerprint density at radius 1 is 0.194 bits per heavy atom. The molecule has 36 heavy (non-hydrogen) atoms. The SMILES string of the molecule is C1=CCCCCCC1.C1=CCCCCCC1.C1=CCCCCCC1.C1=CCCCCCC1.Cl.Cl.[Ir].[Ir]. The Hall–Kier alpha value is 0.839. The molecule has 4 aliphatic rings. The molecule has 0 aromatic carbocycles. The van der Waals surface area contributed by atoms with Gasteiger partial charge in [0.05, 0.1) is 0 Å². The molecule has 2 radical (unpaired) electrons. The summed E-state index contributed by atoms with van der Waals surface area (Å²) in [7, 11) is 0. The van der Waals surface area contributed by atoms with E-state index in [1.807, 2.05) is 0 Å². The van der Waals surface area contributed by atoms with Crippen LogP contribution in [0.3, 0.4) is 0 Å². The van der Waals surface area contributed by atoms with E-state index in [1.165, 1.54) is 154 Å². The number of hydrogen-bond donors (Lipinski definition) is 0. The van der Waals surface area contributed by atoms with Crippen molar-refractivity contribution in [1.82, 2.24) is 0 Å². The minimum absolute atomic E-state index is 0. The Morgan fingerprint density at radius 2 is 0.306 bits per heavy atom. The van der Waals surface area contributed by atoms with Gasteiger partial charge in [-0.3, -0.25) is 0 Å². The second-order valence-corrected chi connectivity index (χ2v) is 9.85. The van der Waals surface area contributed by atoms with Gasteiger partial charge < -0.3 is 0 Å². The molecule has 0 aromatic heterocycles. The van der Waals surface area contributed by atoms with Gasteiger partial charge in [0.15, 0.2) is 0 Å². The summed E-state index contributed by atoms with van der Waals surface area (Å²) in [6, 6.07) is 0. The maximum atomic E-state index is 2.32. The van der Waals surface area contributed by atoms with Crippen molar-refractivity contribution in [3.05, 3.63) is 48.6 Å². The van der Waals surface area contributed by atoms with Crippen molar-refractivity contribution >= 4 is 24.8 Å². The minimum atomic E-state index is 0. The number of rotatable bonds is 0. The minimum Gasteiger partial charge on any atom is -0.147 e. The number of allylic oxidation sites excluding steroid dienone is 8. The molecule has 0 atom stereocenters. The van der Waals surface area contributed by atoms with Crippen molar-refractivity contribution in [2.45, 2.75) is 154 Å². The van der Waals surface area contributed by atoms with Gasteiger partial charge in [-0.25, -0.2) is 0 Å². The first-order valence-corrected chi connectivity index (χ1v) is 14.6. The third kappa shape index (κ3) is 37.0. The first-order valence-electron chi connectivity index (χ1n) is 14.6. The van der Waals surface area contributed by atoms with Crippen molar-refractivity contribution in [3.8, 4) is 0 Å². The van der Waals surface area contributed by atoms with Crippen LogP contribution in [-0.2, 0) is 40.2 Å². The van der Waals surface area contributed by atoms with E-state index in [9.17, 15) is 0 Å². The molecule has 0 fully saturated rings. The van der Waals surface area contributed by atoms with E-state index < -0.39 is 0 Å². The predicted octanol–water partition coefficient (Wildman–Crippen LogP) is 12.4. The van der Waals surface area contributed by atoms with Crippen LogP contribution < -0.4 is 0 Å². The first kappa shape index (κ1) is 43.9. The maximum absolute atomic E-state index is 2.32. The number of halogens is 2. The van der Waals surface area contributed by atoms with Gasteiger partial charge in [0, 0.05) is 40.2 Å². The van der Waals surface area contributed by atoms with Gasteiger partial charge in [0.1, 0.15) is 0 Å². The van der Waals surface area contributed by atoms with Crippen molar-refractivity contribution in [1.29, 1.82) is 0 Å². The molecule has 0 N–H and O–H groups in total. The zero-order valence-electron chi connectivity index (χ0n) is 23.1. The largest absolute Gasteiger partial charge is 0.147 e. The van der Waals surface area contributed by atoms with Crippen LogP contribution in [0.1, 0.15) is 154 Å². The van der Waals surface area contributed by atoms with Gasteiger partial charge in [0.2, 0.25) is 0 Å². The van der Waals surface area contributed by atoms with Crippen molar-refractivity contribution in [3.63, 3.8) is 0 Å². The van der Waals surface area contributed by atoms with Crippen LogP contribution in [0.5, 0.6) is 0 Å². The molecule has 0 bridgehead atoms. The zero-order chi connectivity index (χ0) is 22.6. The Labute approximate surface area is 266 Å². The van der Waals surface area contributed by atoms with E-state index in [1.54, 1.807) is 0 Å². The third-order valence-electron chi connectivity index (χ3n) is 6.63.